The Labute approximate surface area is 182 Å². The highest BCUT2D eigenvalue weighted by molar-refractivity contribution is 7.10. The Kier molecular flexibility index (Phi) is 5.87. The van der Waals surface area contributed by atoms with E-state index >= 15 is 0 Å². The van der Waals surface area contributed by atoms with E-state index in [-0.39, 0.29) is 5.91 Å². The topological polar surface area (TPSA) is 29.5 Å². The van der Waals surface area contributed by atoms with Crippen molar-refractivity contribution in [3.63, 3.8) is 0 Å². The van der Waals surface area contributed by atoms with Gasteiger partial charge in [-0.05, 0) is 64.9 Å². The first kappa shape index (κ1) is 21.2. The third kappa shape index (κ3) is 4.51. The minimum absolute atomic E-state index is 0.190. The number of rotatable bonds is 4. The fourth-order valence-corrected chi connectivity index (χ4v) is 4.68. The summed E-state index contributed by atoms with van der Waals surface area (Å²) in [6, 6.07) is 14.0. The molecule has 1 amide bonds. The third-order valence-corrected chi connectivity index (χ3v) is 6.31. The molecule has 2 aromatic carbocycles. The van der Waals surface area contributed by atoms with Crippen LogP contribution < -0.4 is 4.74 Å². The van der Waals surface area contributed by atoms with Crippen LogP contribution in [0, 0.1) is 0 Å². The van der Waals surface area contributed by atoms with Crippen LogP contribution >= 0.6 is 11.3 Å². The molecule has 3 aromatic rings. The molecule has 4 rings (SSSR count). The second kappa shape index (κ2) is 8.59. The number of halogens is 3. The first-order chi connectivity index (χ1) is 14.9. The predicted octanol–water partition coefficient (Wildman–Crippen LogP) is 5.96. The van der Waals surface area contributed by atoms with Gasteiger partial charge in [0.25, 0.3) is 0 Å². The van der Waals surface area contributed by atoms with Gasteiger partial charge in [0.1, 0.15) is 5.75 Å². The number of benzene rings is 2. The van der Waals surface area contributed by atoms with Crippen molar-refractivity contribution in [1.29, 1.82) is 0 Å². The summed E-state index contributed by atoms with van der Waals surface area (Å²) in [7, 11) is 1.58. The Balaban J connectivity index is 1.64. The van der Waals surface area contributed by atoms with Gasteiger partial charge >= 0.3 is 6.18 Å². The van der Waals surface area contributed by atoms with Gasteiger partial charge in [0.05, 0.1) is 18.7 Å². The molecule has 3 nitrogen and oxygen atoms in total. The summed E-state index contributed by atoms with van der Waals surface area (Å²) in [4.78, 5) is 16.0. The number of hydrogen-bond donors (Lipinski definition) is 0. The van der Waals surface area contributed by atoms with Gasteiger partial charge in [-0.15, -0.1) is 11.3 Å². The van der Waals surface area contributed by atoms with Gasteiger partial charge in [-0.3, -0.25) is 4.79 Å². The van der Waals surface area contributed by atoms with E-state index < -0.39 is 17.8 Å². The molecule has 0 aliphatic carbocycles. The number of methoxy groups -OCH3 is 1. The molecule has 1 aliphatic heterocycles. The molecule has 1 aromatic heterocycles. The normalized spacial score (nSPS) is 16.4. The Hall–Kier alpha value is -3.06. The maximum Gasteiger partial charge on any atom is 0.416 e. The zero-order valence-corrected chi connectivity index (χ0v) is 17.5. The van der Waals surface area contributed by atoms with Crippen LogP contribution in [0.1, 0.15) is 33.2 Å². The minimum atomic E-state index is -4.40. The second-order valence-electron chi connectivity index (χ2n) is 7.21. The van der Waals surface area contributed by atoms with E-state index in [0.717, 1.165) is 34.6 Å². The average Bonchev–Trinajstić information content (AvgIpc) is 3.25. The minimum Gasteiger partial charge on any atom is -0.497 e. The standard InChI is InChI=1S/C24H20F3NO2S/c1-30-19-4-2-3-16(15-19)5-10-22(29)28-13-11-21-20(12-14-31-21)23(28)17-6-8-18(9-7-17)24(25,26)27/h2-10,12,14-15,23H,11,13H2,1H3/b10-5+. The smallest absolute Gasteiger partial charge is 0.416 e. The van der Waals surface area contributed by atoms with Gasteiger partial charge in [0, 0.05) is 17.5 Å². The van der Waals surface area contributed by atoms with Crippen molar-refractivity contribution >= 4 is 23.3 Å². The van der Waals surface area contributed by atoms with Crippen molar-refractivity contribution < 1.29 is 22.7 Å². The fourth-order valence-electron chi connectivity index (χ4n) is 3.78. The number of nitrogens with zero attached hydrogens (tertiary/aromatic N) is 1. The highest BCUT2D eigenvalue weighted by atomic mass is 32.1. The monoisotopic (exact) mass is 443 g/mol. The van der Waals surface area contributed by atoms with E-state index in [0.29, 0.717) is 17.9 Å². The van der Waals surface area contributed by atoms with Crippen molar-refractivity contribution in [2.24, 2.45) is 0 Å². The Morgan fingerprint density at radius 1 is 1.16 bits per heavy atom. The molecule has 0 N–H and O–H groups in total. The summed E-state index contributed by atoms with van der Waals surface area (Å²) in [5, 5.41) is 1.96. The summed E-state index contributed by atoms with van der Waals surface area (Å²) in [6.45, 7) is 0.500. The van der Waals surface area contributed by atoms with Gasteiger partial charge in [-0.25, -0.2) is 0 Å². The molecule has 0 saturated heterocycles. The lowest BCUT2D eigenvalue weighted by Crippen LogP contribution is -2.39. The van der Waals surface area contributed by atoms with E-state index in [1.807, 2.05) is 35.7 Å². The zero-order chi connectivity index (χ0) is 22.0. The largest absolute Gasteiger partial charge is 0.497 e. The molecule has 0 radical (unpaired) electrons. The van der Waals surface area contributed by atoms with E-state index in [1.165, 1.54) is 18.2 Å². The predicted molar refractivity (Wildman–Crippen MR) is 115 cm³/mol. The van der Waals surface area contributed by atoms with Crippen molar-refractivity contribution in [3.05, 3.63) is 93.2 Å². The molecule has 1 aliphatic rings. The van der Waals surface area contributed by atoms with E-state index in [2.05, 4.69) is 0 Å². The molecule has 0 bridgehead atoms. The summed E-state index contributed by atoms with van der Waals surface area (Å²) < 4.78 is 44.2. The van der Waals surface area contributed by atoms with Crippen LogP contribution in [-0.2, 0) is 17.4 Å². The number of fused-ring (bicyclic) bond motifs is 1. The van der Waals surface area contributed by atoms with E-state index in [1.54, 1.807) is 29.4 Å². The lowest BCUT2D eigenvalue weighted by atomic mass is 9.92. The number of alkyl halides is 3. The molecule has 2 heterocycles. The summed E-state index contributed by atoms with van der Waals surface area (Å²) in [5.41, 5.74) is 1.76. The van der Waals surface area contributed by atoms with Crippen molar-refractivity contribution in [1.82, 2.24) is 4.90 Å². The van der Waals surface area contributed by atoms with Crippen molar-refractivity contribution in [3.8, 4) is 5.75 Å². The van der Waals surface area contributed by atoms with Gasteiger partial charge in [-0.2, -0.15) is 13.2 Å². The maximum atomic E-state index is 13.1. The molecule has 1 unspecified atom stereocenters. The highest BCUT2D eigenvalue weighted by Gasteiger charge is 2.34. The van der Waals surface area contributed by atoms with Crippen LogP contribution in [-0.4, -0.2) is 24.5 Å². The summed E-state index contributed by atoms with van der Waals surface area (Å²) in [6.07, 6.45) is -0.447. The number of carbonyl (C=O) groups is 1. The Morgan fingerprint density at radius 2 is 1.94 bits per heavy atom. The number of hydrogen-bond acceptors (Lipinski definition) is 3. The maximum absolute atomic E-state index is 13.1. The Bertz CT molecular complexity index is 1100. The van der Waals surface area contributed by atoms with Gasteiger partial charge in [-0.1, -0.05) is 24.3 Å². The SMILES string of the molecule is COc1cccc(/C=C/C(=O)N2CCc3sccc3C2c2ccc(C(F)(F)F)cc2)c1. The van der Waals surface area contributed by atoms with Crippen LogP contribution in [0.4, 0.5) is 13.2 Å². The molecule has 0 spiro atoms. The molecule has 1 atom stereocenters. The quantitative estimate of drug-likeness (QED) is 0.466. The molecule has 160 valence electrons. The van der Waals surface area contributed by atoms with E-state index in [4.69, 9.17) is 4.74 Å². The zero-order valence-electron chi connectivity index (χ0n) is 16.7. The van der Waals surface area contributed by atoms with Gasteiger partial charge in [0.2, 0.25) is 5.91 Å². The molecule has 0 fully saturated rings. The first-order valence-corrected chi connectivity index (χ1v) is 10.6. The lowest BCUT2D eigenvalue weighted by Gasteiger charge is -2.35. The molecule has 31 heavy (non-hydrogen) atoms. The second-order valence-corrected chi connectivity index (χ2v) is 8.21. The highest BCUT2D eigenvalue weighted by Crippen LogP contribution is 2.39. The van der Waals surface area contributed by atoms with Crippen LogP contribution in [0.5, 0.6) is 5.75 Å². The lowest BCUT2D eigenvalue weighted by molar-refractivity contribution is -0.137. The van der Waals surface area contributed by atoms with Gasteiger partial charge in [0.15, 0.2) is 0 Å². The van der Waals surface area contributed by atoms with Crippen LogP contribution in [0.2, 0.25) is 0 Å². The number of amides is 1. The van der Waals surface area contributed by atoms with Crippen molar-refractivity contribution in [2.75, 3.05) is 13.7 Å². The number of carbonyl (C=O) groups excluding carboxylic acids is 1. The Morgan fingerprint density at radius 3 is 2.65 bits per heavy atom. The molecular formula is C24H20F3NO2S. The number of thiophene rings is 1. The van der Waals surface area contributed by atoms with Crippen LogP contribution in [0.15, 0.2) is 66.1 Å². The van der Waals surface area contributed by atoms with Crippen molar-refractivity contribution in [2.45, 2.75) is 18.6 Å². The number of ether oxygens (including phenoxy) is 1. The van der Waals surface area contributed by atoms with Crippen LogP contribution in [0.3, 0.4) is 0 Å². The fraction of sp³-hybridized carbons (Fsp3) is 0.208. The summed E-state index contributed by atoms with van der Waals surface area (Å²) >= 11 is 1.61. The van der Waals surface area contributed by atoms with E-state index in [9.17, 15) is 18.0 Å². The average molecular weight is 443 g/mol. The third-order valence-electron chi connectivity index (χ3n) is 5.31. The molecule has 7 heteroatoms. The van der Waals surface area contributed by atoms with Gasteiger partial charge < -0.3 is 9.64 Å². The van der Waals surface area contributed by atoms with Crippen LogP contribution in [0.25, 0.3) is 6.08 Å². The first-order valence-electron chi connectivity index (χ1n) is 9.73. The molecular weight excluding hydrogens is 423 g/mol. The molecule has 0 saturated carbocycles. The summed E-state index contributed by atoms with van der Waals surface area (Å²) in [5.74, 6) is 0.502.